The fourth-order valence-electron chi connectivity index (χ4n) is 2.62. The van der Waals surface area contributed by atoms with E-state index in [1.165, 1.54) is 11.3 Å². The van der Waals surface area contributed by atoms with E-state index in [0.29, 0.717) is 0 Å². The first-order valence-corrected chi connectivity index (χ1v) is 6.27. The van der Waals surface area contributed by atoms with Crippen LogP contribution in [0.3, 0.4) is 0 Å². The fourth-order valence-corrected chi connectivity index (χ4v) is 2.62. The summed E-state index contributed by atoms with van der Waals surface area (Å²) >= 11 is 0. The fraction of sp³-hybridized carbons (Fsp3) is 0.667. The summed E-state index contributed by atoms with van der Waals surface area (Å²) in [4.78, 5) is 11.9. The summed E-state index contributed by atoms with van der Waals surface area (Å²) in [5.41, 5.74) is 2.48. The summed E-state index contributed by atoms with van der Waals surface area (Å²) in [7, 11) is 1.97. The first kappa shape index (κ1) is 10.8. The predicted molar refractivity (Wildman–Crippen MR) is 63.4 cm³/mol. The SMILES string of the molecule is Cn1ncc2c1CCCC2NC(=O)C1CNC1. The first-order chi connectivity index (χ1) is 8.25. The van der Waals surface area contributed by atoms with Crippen LogP contribution in [0.1, 0.15) is 30.1 Å². The zero-order valence-electron chi connectivity index (χ0n) is 10.1. The average molecular weight is 234 g/mol. The van der Waals surface area contributed by atoms with Crippen LogP contribution in [0.2, 0.25) is 0 Å². The topological polar surface area (TPSA) is 59.0 Å². The Morgan fingerprint density at radius 3 is 3.12 bits per heavy atom. The normalized spacial score (nSPS) is 23.9. The largest absolute Gasteiger partial charge is 0.349 e. The van der Waals surface area contributed by atoms with Gasteiger partial charge in [-0.2, -0.15) is 5.10 Å². The molecule has 2 N–H and O–H groups in total. The van der Waals surface area contributed by atoms with Crippen molar-refractivity contribution in [2.75, 3.05) is 13.1 Å². The molecule has 5 nitrogen and oxygen atoms in total. The molecule has 1 unspecified atom stereocenters. The van der Waals surface area contributed by atoms with Crippen LogP contribution in [-0.2, 0) is 18.3 Å². The maximum atomic E-state index is 11.9. The minimum absolute atomic E-state index is 0.164. The second kappa shape index (κ2) is 4.14. The van der Waals surface area contributed by atoms with Gasteiger partial charge < -0.3 is 10.6 Å². The van der Waals surface area contributed by atoms with Crippen molar-refractivity contribution in [2.24, 2.45) is 13.0 Å². The number of rotatable bonds is 2. The van der Waals surface area contributed by atoms with Gasteiger partial charge in [0.15, 0.2) is 0 Å². The van der Waals surface area contributed by atoms with E-state index in [0.717, 1.165) is 32.4 Å². The minimum atomic E-state index is 0.164. The Bertz CT molecular complexity index is 436. The Morgan fingerprint density at radius 2 is 2.41 bits per heavy atom. The molecule has 2 aliphatic rings. The van der Waals surface area contributed by atoms with Gasteiger partial charge in [-0.3, -0.25) is 9.48 Å². The van der Waals surface area contributed by atoms with Crippen molar-refractivity contribution in [3.8, 4) is 0 Å². The number of aryl methyl sites for hydroxylation is 1. The van der Waals surface area contributed by atoms with Crippen LogP contribution in [0.25, 0.3) is 0 Å². The van der Waals surface area contributed by atoms with Crippen LogP contribution in [-0.4, -0.2) is 28.8 Å². The Morgan fingerprint density at radius 1 is 1.59 bits per heavy atom. The van der Waals surface area contributed by atoms with Crippen molar-refractivity contribution in [3.63, 3.8) is 0 Å². The highest BCUT2D eigenvalue weighted by molar-refractivity contribution is 5.80. The Labute approximate surface area is 101 Å². The molecule has 1 saturated heterocycles. The van der Waals surface area contributed by atoms with E-state index < -0.39 is 0 Å². The number of aromatic nitrogens is 2. The zero-order valence-corrected chi connectivity index (χ0v) is 10.1. The third-order valence-corrected chi connectivity index (χ3v) is 3.84. The lowest BCUT2D eigenvalue weighted by Crippen LogP contribution is -2.51. The summed E-state index contributed by atoms with van der Waals surface area (Å²) < 4.78 is 1.93. The monoisotopic (exact) mass is 234 g/mol. The highest BCUT2D eigenvalue weighted by Crippen LogP contribution is 2.29. The van der Waals surface area contributed by atoms with E-state index in [2.05, 4.69) is 15.7 Å². The van der Waals surface area contributed by atoms with E-state index in [1.807, 2.05) is 17.9 Å². The lowest BCUT2D eigenvalue weighted by atomic mass is 9.92. The van der Waals surface area contributed by atoms with Gasteiger partial charge >= 0.3 is 0 Å². The molecule has 2 heterocycles. The number of fused-ring (bicyclic) bond motifs is 1. The molecule has 3 rings (SSSR count). The lowest BCUT2D eigenvalue weighted by Gasteiger charge is -2.30. The number of hydrogen-bond donors (Lipinski definition) is 2. The molecular weight excluding hydrogens is 216 g/mol. The van der Waals surface area contributed by atoms with Gasteiger partial charge in [0.25, 0.3) is 0 Å². The molecule has 1 fully saturated rings. The van der Waals surface area contributed by atoms with E-state index in [9.17, 15) is 4.79 Å². The first-order valence-electron chi connectivity index (χ1n) is 6.27. The molecule has 1 atom stereocenters. The molecular formula is C12H18N4O. The van der Waals surface area contributed by atoms with Gasteiger partial charge in [-0.05, 0) is 19.3 Å². The Kier molecular flexibility index (Phi) is 2.63. The molecule has 1 aliphatic heterocycles. The zero-order chi connectivity index (χ0) is 11.8. The lowest BCUT2D eigenvalue weighted by molar-refractivity contribution is -0.127. The number of hydrogen-bond acceptors (Lipinski definition) is 3. The predicted octanol–water partition coefficient (Wildman–Crippen LogP) is 0.133. The highest BCUT2D eigenvalue weighted by atomic mass is 16.2. The van der Waals surface area contributed by atoms with Crippen molar-refractivity contribution < 1.29 is 4.79 Å². The van der Waals surface area contributed by atoms with E-state index in [1.54, 1.807) is 0 Å². The van der Waals surface area contributed by atoms with Crippen molar-refractivity contribution in [2.45, 2.75) is 25.3 Å². The molecule has 1 amide bonds. The molecule has 0 radical (unpaired) electrons. The average Bonchev–Trinajstić information content (AvgIpc) is 2.59. The van der Waals surface area contributed by atoms with Crippen LogP contribution in [0, 0.1) is 5.92 Å². The summed E-state index contributed by atoms with van der Waals surface area (Å²) in [5.74, 6) is 0.350. The molecule has 0 aromatic carbocycles. The van der Waals surface area contributed by atoms with Gasteiger partial charge in [0.2, 0.25) is 5.91 Å². The summed E-state index contributed by atoms with van der Waals surface area (Å²) in [6, 6.07) is 0.167. The number of carbonyl (C=O) groups is 1. The van der Waals surface area contributed by atoms with Gasteiger partial charge in [-0.15, -0.1) is 0 Å². The standard InChI is InChI=1S/C12H18N4O/c1-16-11-4-2-3-10(9(11)7-14-16)15-12(17)8-5-13-6-8/h7-8,10,13H,2-6H2,1H3,(H,15,17). The summed E-state index contributed by atoms with van der Waals surface area (Å²) in [6.45, 7) is 1.64. The molecule has 0 spiro atoms. The van der Waals surface area contributed by atoms with Crippen LogP contribution < -0.4 is 10.6 Å². The summed E-state index contributed by atoms with van der Waals surface area (Å²) in [5, 5.41) is 10.6. The molecule has 1 aromatic rings. The minimum Gasteiger partial charge on any atom is -0.349 e. The number of nitrogens with zero attached hydrogens (tertiary/aromatic N) is 2. The van der Waals surface area contributed by atoms with Crippen molar-refractivity contribution in [1.82, 2.24) is 20.4 Å². The van der Waals surface area contributed by atoms with E-state index >= 15 is 0 Å². The van der Waals surface area contributed by atoms with Gasteiger partial charge in [0, 0.05) is 31.4 Å². The van der Waals surface area contributed by atoms with Gasteiger partial charge in [-0.1, -0.05) is 0 Å². The molecule has 17 heavy (non-hydrogen) atoms. The van der Waals surface area contributed by atoms with Crippen molar-refractivity contribution in [3.05, 3.63) is 17.5 Å². The molecule has 0 bridgehead atoms. The molecule has 5 heteroatoms. The molecule has 0 saturated carbocycles. The van der Waals surface area contributed by atoms with Crippen LogP contribution in [0.15, 0.2) is 6.20 Å². The molecule has 92 valence electrons. The van der Waals surface area contributed by atoms with E-state index in [-0.39, 0.29) is 17.9 Å². The Balaban J connectivity index is 1.74. The number of amides is 1. The Hall–Kier alpha value is -1.36. The van der Waals surface area contributed by atoms with Gasteiger partial charge in [0.05, 0.1) is 18.2 Å². The second-order valence-corrected chi connectivity index (χ2v) is 4.98. The second-order valence-electron chi connectivity index (χ2n) is 4.98. The molecule has 1 aliphatic carbocycles. The third kappa shape index (κ3) is 1.84. The van der Waals surface area contributed by atoms with E-state index in [4.69, 9.17) is 0 Å². The van der Waals surface area contributed by atoms with Crippen molar-refractivity contribution >= 4 is 5.91 Å². The van der Waals surface area contributed by atoms with Crippen LogP contribution >= 0.6 is 0 Å². The third-order valence-electron chi connectivity index (χ3n) is 3.84. The maximum Gasteiger partial charge on any atom is 0.226 e. The van der Waals surface area contributed by atoms with Crippen molar-refractivity contribution in [1.29, 1.82) is 0 Å². The van der Waals surface area contributed by atoms with Gasteiger partial charge in [-0.25, -0.2) is 0 Å². The van der Waals surface area contributed by atoms with Gasteiger partial charge in [0.1, 0.15) is 0 Å². The van der Waals surface area contributed by atoms with Crippen LogP contribution in [0.4, 0.5) is 0 Å². The summed E-state index contributed by atoms with van der Waals surface area (Å²) in [6.07, 6.45) is 5.13. The number of nitrogens with one attached hydrogen (secondary N) is 2. The maximum absolute atomic E-state index is 11.9. The van der Waals surface area contributed by atoms with Crippen LogP contribution in [0.5, 0.6) is 0 Å². The number of carbonyl (C=O) groups excluding carboxylic acids is 1. The molecule has 1 aromatic heterocycles. The highest BCUT2D eigenvalue weighted by Gasteiger charge is 2.29. The quantitative estimate of drug-likeness (QED) is 0.765. The smallest absolute Gasteiger partial charge is 0.226 e.